The lowest BCUT2D eigenvalue weighted by atomic mass is 10.0. The van der Waals surface area contributed by atoms with Gasteiger partial charge in [0, 0.05) is 5.02 Å². The van der Waals surface area contributed by atoms with Crippen molar-refractivity contribution in [2.45, 2.75) is 33.3 Å². The first kappa shape index (κ1) is 19.3. The van der Waals surface area contributed by atoms with Crippen LogP contribution in [-0.2, 0) is 6.61 Å². The summed E-state index contributed by atoms with van der Waals surface area (Å²) in [4.78, 5) is 0. The van der Waals surface area contributed by atoms with E-state index >= 15 is 0 Å². The van der Waals surface area contributed by atoms with Gasteiger partial charge in [-0.1, -0.05) is 49.7 Å². The summed E-state index contributed by atoms with van der Waals surface area (Å²) in [5.74, 6) is 1.82. The van der Waals surface area contributed by atoms with Crippen LogP contribution in [0.3, 0.4) is 0 Å². The molecule has 140 valence electrons. The minimum atomic E-state index is 0.258. The molecule has 0 radical (unpaired) electrons. The third kappa shape index (κ3) is 4.84. The third-order valence-corrected chi connectivity index (χ3v) is 4.57. The molecular formula is C20H21ClN4OS. The maximum absolute atomic E-state index is 6.05. The van der Waals surface area contributed by atoms with Crippen LogP contribution in [0.2, 0.25) is 5.02 Å². The monoisotopic (exact) mass is 400 g/mol. The van der Waals surface area contributed by atoms with E-state index in [2.05, 4.69) is 41.3 Å². The maximum atomic E-state index is 6.05. The number of benzene rings is 2. The number of hydrogen-bond acceptors (Lipinski definition) is 4. The molecule has 0 aliphatic rings. The Morgan fingerprint density at radius 3 is 2.70 bits per heavy atom. The van der Waals surface area contributed by atoms with Crippen molar-refractivity contribution in [3.05, 3.63) is 74.8 Å². The van der Waals surface area contributed by atoms with Gasteiger partial charge in [0.05, 0.1) is 6.21 Å². The molecule has 3 rings (SSSR count). The highest BCUT2D eigenvalue weighted by atomic mass is 35.5. The molecule has 5 nitrogen and oxygen atoms in total. The lowest BCUT2D eigenvalue weighted by molar-refractivity contribution is 0.286. The Hall–Kier alpha value is -2.44. The van der Waals surface area contributed by atoms with Crippen molar-refractivity contribution in [3.63, 3.8) is 0 Å². The molecule has 0 spiro atoms. The van der Waals surface area contributed by atoms with Gasteiger partial charge in [-0.15, -0.1) is 0 Å². The Bertz CT molecular complexity index is 1010. The molecule has 27 heavy (non-hydrogen) atoms. The van der Waals surface area contributed by atoms with E-state index in [9.17, 15) is 0 Å². The number of rotatable bonds is 6. The summed E-state index contributed by atoms with van der Waals surface area (Å²) in [5, 5.41) is 12.1. The van der Waals surface area contributed by atoms with E-state index in [-0.39, 0.29) is 6.61 Å². The van der Waals surface area contributed by atoms with Crippen molar-refractivity contribution in [1.29, 1.82) is 0 Å². The predicted molar refractivity (Wildman–Crippen MR) is 111 cm³/mol. The van der Waals surface area contributed by atoms with Gasteiger partial charge >= 0.3 is 0 Å². The molecule has 0 aliphatic heterocycles. The summed E-state index contributed by atoms with van der Waals surface area (Å²) in [6, 6.07) is 13.6. The Balaban J connectivity index is 1.80. The van der Waals surface area contributed by atoms with E-state index in [1.807, 2.05) is 37.3 Å². The average Bonchev–Trinajstić information content (AvgIpc) is 2.99. The molecule has 0 aliphatic carbocycles. The van der Waals surface area contributed by atoms with Crippen molar-refractivity contribution < 1.29 is 4.74 Å². The van der Waals surface area contributed by atoms with Gasteiger partial charge in [0.25, 0.3) is 0 Å². The lowest BCUT2D eigenvalue weighted by Gasteiger charge is -2.14. The second-order valence-corrected chi connectivity index (χ2v) is 7.36. The Morgan fingerprint density at radius 2 is 2.00 bits per heavy atom. The Kier molecular flexibility index (Phi) is 6.08. The van der Waals surface area contributed by atoms with E-state index in [1.54, 1.807) is 10.9 Å². The maximum Gasteiger partial charge on any atom is 0.216 e. The van der Waals surface area contributed by atoms with Crippen LogP contribution in [0.4, 0.5) is 0 Å². The largest absolute Gasteiger partial charge is 0.485 e. The molecule has 3 aromatic rings. The van der Waals surface area contributed by atoms with Crippen molar-refractivity contribution in [2.24, 2.45) is 5.10 Å². The normalized spacial score (nSPS) is 11.4. The lowest BCUT2D eigenvalue weighted by Crippen LogP contribution is -2.06. The quantitative estimate of drug-likeness (QED) is 0.439. The SMILES string of the molecule is Cc1ccc(C(C)C)c(OCc2n[nH]c(=S)n2/N=C\c2ccc(Cl)cc2)c1. The first-order chi connectivity index (χ1) is 12.9. The molecule has 0 unspecified atom stereocenters. The highest BCUT2D eigenvalue weighted by molar-refractivity contribution is 7.71. The van der Waals surface area contributed by atoms with Gasteiger partial charge in [0.15, 0.2) is 5.82 Å². The number of aromatic amines is 1. The smallest absolute Gasteiger partial charge is 0.216 e. The summed E-state index contributed by atoms with van der Waals surface area (Å²) in [6.07, 6.45) is 1.71. The molecule has 1 N–H and O–H groups in total. The van der Waals surface area contributed by atoms with Gasteiger partial charge in [-0.2, -0.15) is 14.9 Å². The van der Waals surface area contributed by atoms with E-state index in [1.165, 1.54) is 0 Å². The molecule has 7 heteroatoms. The van der Waals surface area contributed by atoms with Crippen LogP contribution in [0.1, 0.15) is 42.3 Å². The van der Waals surface area contributed by atoms with Crippen LogP contribution in [-0.4, -0.2) is 21.1 Å². The zero-order chi connectivity index (χ0) is 19.4. The van der Waals surface area contributed by atoms with Crippen molar-refractivity contribution >= 4 is 30.0 Å². The molecule has 0 bridgehead atoms. The Labute approximate surface area is 168 Å². The van der Waals surface area contributed by atoms with Crippen molar-refractivity contribution in [3.8, 4) is 5.75 Å². The number of aryl methyl sites for hydroxylation is 1. The number of H-pyrrole nitrogens is 1. The molecule has 0 saturated heterocycles. The third-order valence-electron chi connectivity index (χ3n) is 4.06. The molecule has 1 aromatic heterocycles. The minimum Gasteiger partial charge on any atom is -0.485 e. The van der Waals surface area contributed by atoms with Gasteiger partial charge < -0.3 is 4.74 Å². The number of nitrogens with zero attached hydrogens (tertiary/aromatic N) is 3. The molecular weight excluding hydrogens is 380 g/mol. The van der Waals surface area contributed by atoms with Gasteiger partial charge in [-0.25, -0.2) is 5.10 Å². The van der Waals surface area contributed by atoms with Crippen LogP contribution in [0.5, 0.6) is 5.75 Å². The van der Waals surface area contributed by atoms with Crippen LogP contribution in [0.15, 0.2) is 47.6 Å². The van der Waals surface area contributed by atoms with E-state index in [4.69, 9.17) is 28.6 Å². The summed E-state index contributed by atoms with van der Waals surface area (Å²) in [5.41, 5.74) is 3.22. The van der Waals surface area contributed by atoms with Crippen LogP contribution < -0.4 is 4.74 Å². The molecule has 0 saturated carbocycles. The fourth-order valence-electron chi connectivity index (χ4n) is 2.60. The second kappa shape index (κ2) is 8.50. The standard InChI is InChI=1S/C20H21ClN4OS/c1-13(2)17-9-4-14(3)10-18(17)26-12-19-23-24-20(27)25(19)22-11-15-5-7-16(21)8-6-15/h4-11,13H,12H2,1-3H3,(H,24,27)/b22-11-. The second-order valence-electron chi connectivity index (χ2n) is 6.54. The molecule has 1 heterocycles. The molecule has 0 atom stereocenters. The fourth-order valence-corrected chi connectivity index (χ4v) is 2.92. The number of nitrogens with one attached hydrogen (secondary N) is 1. The van der Waals surface area contributed by atoms with Crippen molar-refractivity contribution in [1.82, 2.24) is 14.9 Å². The summed E-state index contributed by atoms with van der Waals surface area (Å²) in [7, 11) is 0. The minimum absolute atomic E-state index is 0.258. The summed E-state index contributed by atoms with van der Waals surface area (Å²) >= 11 is 11.2. The van der Waals surface area contributed by atoms with Crippen molar-refractivity contribution in [2.75, 3.05) is 0 Å². The van der Waals surface area contributed by atoms with E-state index in [0.29, 0.717) is 21.5 Å². The topological polar surface area (TPSA) is 55.2 Å². The number of aromatic nitrogens is 3. The van der Waals surface area contributed by atoms with Crippen LogP contribution in [0.25, 0.3) is 0 Å². The van der Waals surface area contributed by atoms with Gasteiger partial charge in [-0.3, -0.25) is 0 Å². The Morgan fingerprint density at radius 1 is 1.26 bits per heavy atom. The van der Waals surface area contributed by atoms with Gasteiger partial charge in [-0.05, 0) is 59.9 Å². The zero-order valence-electron chi connectivity index (χ0n) is 15.4. The number of halogens is 1. The van der Waals surface area contributed by atoms with Gasteiger partial charge in [0.2, 0.25) is 4.77 Å². The summed E-state index contributed by atoms with van der Waals surface area (Å²) < 4.78 is 8.02. The predicted octanol–water partition coefficient (Wildman–Crippen LogP) is 5.49. The fraction of sp³-hybridized carbons (Fsp3) is 0.250. The van der Waals surface area contributed by atoms with Crippen LogP contribution >= 0.6 is 23.8 Å². The zero-order valence-corrected chi connectivity index (χ0v) is 17.0. The van der Waals surface area contributed by atoms with E-state index in [0.717, 1.165) is 22.4 Å². The average molecular weight is 401 g/mol. The first-order valence-corrected chi connectivity index (χ1v) is 9.42. The van der Waals surface area contributed by atoms with Gasteiger partial charge in [0.1, 0.15) is 12.4 Å². The highest BCUT2D eigenvalue weighted by Crippen LogP contribution is 2.28. The van der Waals surface area contributed by atoms with E-state index < -0.39 is 0 Å². The highest BCUT2D eigenvalue weighted by Gasteiger charge is 2.11. The number of ether oxygens (including phenoxy) is 1. The van der Waals surface area contributed by atoms with Crippen LogP contribution in [0, 0.1) is 11.7 Å². The first-order valence-electron chi connectivity index (χ1n) is 8.63. The molecule has 2 aromatic carbocycles. The molecule has 0 amide bonds. The summed E-state index contributed by atoms with van der Waals surface area (Å²) in [6.45, 7) is 6.59. The molecule has 0 fully saturated rings. The number of hydrogen-bond donors (Lipinski definition) is 1.